The summed E-state index contributed by atoms with van der Waals surface area (Å²) in [6.07, 6.45) is 4.34. The molecule has 1 aliphatic carbocycles. The van der Waals surface area contributed by atoms with E-state index < -0.39 is 0 Å². The number of nitrogens with one attached hydrogen (secondary N) is 1. The second-order valence-electron chi connectivity index (χ2n) is 7.99. The number of hydrogen-bond donors (Lipinski definition) is 1. The Labute approximate surface area is 183 Å². The Kier molecular flexibility index (Phi) is 4.79. The van der Waals surface area contributed by atoms with Crippen LogP contribution in [0.15, 0.2) is 91.0 Å². The molecule has 1 aliphatic rings. The molecule has 3 nitrogen and oxygen atoms in total. The van der Waals surface area contributed by atoms with Gasteiger partial charge in [0.15, 0.2) is 5.96 Å². The molecular weight excluding hydrogens is 378 g/mol. The number of benzene rings is 4. The molecule has 0 saturated carbocycles. The van der Waals surface area contributed by atoms with Crippen LogP contribution in [-0.2, 0) is 0 Å². The van der Waals surface area contributed by atoms with Crippen LogP contribution >= 0.6 is 0 Å². The molecule has 0 fully saturated rings. The average molecular weight is 404 g/mol. The monoisotopic (exact) mass is 403 g/mol. The van der Waals surface area contributed by atoms with Crippen LogP contribution in [-0.4, -0.2) is 25.0 Å². The van der Waals surface area contributed by atoms with Crippen molar-refractivity contribution in [3.8, 4) is 0 Å². The van der Waals surface area contributed by atoms with E-state index in [1.807, 2.05) is 36.0 Å². The summed E-state index contributed by atoms with van der Waals surface area (Å²) in [7, 11) is 3.99. The van der Waals surface area contributed by atoms with Crippen LogP contribution in [0.1, 0.15) is 28.3 Å². The molecule has 0 amide bonds. The van der Waals surface area contributed by atoms with Crippen molar-refractivity contribution in [1.29, 1.82) is 5.41 Å². The Morgan fingerprint density at radius 1 is 0.710 bits per heavy atom. The summed E-state index contributed by atoms with van der Waals surface area (Å²) in [6, 6.07) is 31.5. The van der Waals surface area contributed by atoms with E-state index in [0.717, 1.165) is 5.69 Å². The molecule has 4 aromatic carbocycles. The fraction of sp³-hybridized carbons (Fsp3) is 0.107. The van der Waals surface area contributed by atoms with Crippen LogP contribution in [0.3, 0.4) is 0 Å². The Balaban J connectivity index is 1.53. The smallest absolute Gasteiger partial charge is 0.198 e. The maximum atomic E-state index is 9.09. The molecule has 0 aromatic heterocycles. The molecule has 0 unspecified atom stereocenters. The zero-order chi connectivity index (χ0) is 21.4. The minimum atomic E-state index is -0.0440. The lowest BCUT2D eigenvalue weighted by molar-refractivity contribution is 0.418. The number of guanidine groups is 1. The van der Waals surface area contributed by atoms with Gasteiger partial charge in [-0.25, -0.2) is 0 Å². The van der Waals surface area contributed by atoms with Gasteiger partial charge in [0.2, 0.25) is 0 Å². The fourth-order valence-electron chi connectivity index (χ4n) is 4.58. The van der Waals surface area contributed by atoms with E-state index in [-0.39, 0.29) is 6.04 Å². The second kappa shape index (κ2) is 7.77. The normalized spacial score (nSPS) is 11.8. The first kappa shape index (κ1) is 19.1. The molecule has 0 saturated heterocycles. The minimum Gasteiger partial charge on any atom is -0.335 e. The quantitative estimate of drug-likeness (QED) is 0.277. The molecule has 0 bridgehead atoms. The lowest BCUT2D eigenvalue weighted by Gasteiger charge is -2.35. The van der Waals surface area contributed by atoms with E-state index in [4.69, 9.17) is 5.41 Å². The maximum absolute atomic E-state index is 9.09. The van der Waals surface area contributed by atoms with Crippen molar-refractivity contribution in [2.24, 2.45) is 0 Å². The third-order valence-electron chi connectivity index (χ3n) is 6.16. The van der Waals surface area contributed by atoms with Gasteiger partial charge in [0.25, 0.3) is 0 Å². The largest absolute Gasteiger partial charge is 0.335 e. The van der Waals surface area contributed by atoms with E-state index in [0.29, 0.717) is 5.96 Å². The van der Waals surface area contributed by atoms with E-state index in [1.165, 1.54) is 33.0 Å². The van der Waals surface area contributed by atoms with E-state index in [1.54, 1.807) is 0 Å². The molecule has 4 aromatic rings. The standard InChI is InChI=1S/C28H25N3/c1-30(25-19-17-21-15-9-14-20-16-18-24(25)26(20)21)28(29)31(2)27(22-10-5-3-6-11-22)23-12-7-4-8-13-23/h3-19,27,29H,1-2H3. The molecule has 0 heterocycles. The van der Waals surface area contributed by atoms with Gasteiger partial charge in [-0.15, -0.1) is 0 Å². The molecular formula is C28H25N3. The molecule has 31 heavy (non-hydrogen) atoms. The number of nitrogens with zero attached hydrogens (tertiary/aromatic N) is 2. The molecule has 152 valence electrons. The first-order chi connectivity index (χ1) is 15.1. The number of anilines is 1. The van der Waals surface area contributed by atoms with Crippen molar-refractivity contribution in [2.45, 2.75) is 6.04 Å². The molecule has 1 N–H and O–H groups in total. The summed E-state index contributed by atoms with van der Waals surface area (Å²) in [4.78, 5) is 4.03. The highest BCUT2D eigenvalue weighted by Crippen LogP contribution is 2.38. The maximum Gasteiger partial charge on any atom is 0.198 e. The second-order valence-corrected chi connectivity index (χ2v) is 7.99. The van der Waals surface area contributed by atoms with Gasteiger partial charge >= 0.3 is 0 Å². The van der Waals surface area contributed by atoms with E-state index in [9.17, 15) is 0 Å². The van der Waals surface area contributed by atoms with Gasteiger partial charge in [-0.2, -0.15) is 0 Å². The van der Waals surface area contributed by atoms with E-state index in [2.05, 4.69) is 91.0 Å². The zero-order valence-corrected chi connectivity index (χ0v) is 17.8. The van der Waals surface area contributed by atoms with Crippen LogP contribution in [0.2, 0.25) is 0 Å². The van der Waals surface area contributed by atoms with Crippen LogP contribution in [0.5, 0.6) is 0 Å². The molecule has 5 rings (SSSR count). The van der Waals surface area contributed by atoms with Gasteiger partial charge in [0.1, 0.15) is 0 Å². The van der Waals surface area contributed by atoms with Gasteiger partial charge in [-0.1, -0.05) is 97.1 Å². The highest BCUT2D eigenvalue weighted by atomic mass is 15.4. The predicted octanol–water partition coefficient (Wildman–Crippen LogP) is 6.42. The van der Waals surface area contributed by atoms with Gasteiger partial charge in [-0.3, -0.25) is 5.41 Å². The molecule has 3 heteroatoms. The SMILES string of the molecule is CN(C(=N)N(C)C(c1ccccc1)c1ccccc1)c1ccc2cccc3c2c1C=C3. The molecule has 0 aliphatic heterocycles. The lowest BCUT2D eigenvalue weighted by Crippen LogP contribution is -2.42. The molecule has 0 atom stereocenters. The van der Waals surface area contributed by atoms with Crippen molar-refractivity contribution in [3.05, 3.63) is 113 Å². The summed E-state index contributed by atoms with van der Waals surface area (Å²) in [5.74, 6) is 0.450. The third-order valence-corrected chi connectivity index (χ3v) is 6.16. The van der Waals surface area contributed by atoms with E-state index >= 15 is 0 Å². The van der Waals surface area contributed by atoms with Crippen LogP contribution in [0, 0.1) is 5.41 Å². The van der Waals surface area contributed by atoms with Crippen LogP contribution in [0.25, 0.3) is 22.9 Å². The van der Waals surface area contributed by atoms with Gasteiger partial charge in [-0.05, 0) is 33.5 Å². The Bertz CT molecular complexity index is 1240. The fourth-order valence-corrected chi connectivity index (χ4v) is 4.58. The van der Waals surface area contributed by atoms with Gasteiger partial charge in [0, 0.05) is 19.7 Å². The highest BCUT2D eigenvalue weighted by molar-refractivity contribution is 6.10. The molecule has 0 spiro atoms. The first-order valence-corrected chi connectivity index (χ1v) is 10.5. The summed E-state index contributed by atoms with van der Waals surface area (Å²) >= 11 is 0. The predicted molar refractivity (Wildman–Crippen MR) is 131 cm³/mol. The van der Waals surface area contributed by atoms with Crippen molar-refractivity contribution in [1.82, 2.24) is 4.90 Å². The summed E-state index contributed by atoms with van der Waals surface area (Å²) in [5.41, 5.74) is 5.81. The van der Waals surface area contributed by atoms with Gasteiger partial charge in [0.05, 0.1) is 11.7 Å². The van der Waals surface area contributed by atoms with Crippen LogP contribution < -0.4 is 4.90 Å². The average Bonchev–Trinajstić information content (AvgIpc) is 3.26. The lowest BCUT2D eigenvalue weighted by atomic mass is 9.97. The van der Waals surface area contributed by atoms with Crippen molar-refractivity contribution >= 4 is 34.6 Å². The van der Waals surface area contributed by atoms with Crippen molar-refractivity contribution in [3.63, 3.8) is 0 Å². The Morgan fingerprint density at radius 2 is 1.35 bits per heavy atom. The Morgan fingerprint density at radius 3 is 2.00 bits per heavy atom. The number of rotatable bonds is 4. The highest BCUT2D eigenvalue weighted by Gasteiger charge is 2.25. The van der Waals surface area contributed by atoms with Crippen LogP contribution in [0.4, 0.5) is 5.69 Å². The first-order valence-electron chi connectivity index (χ1n) is 10.5. The van der Waals surface area contributed by atoms with Crippen molar-refractivity contribution < 1.29 is 0 Å². The summed E-state index contributed by atoms with van der Waals surface area (Å²) in [5, 5.41) is 11.6. The zero-order valence-electron chi connectivity index (χ0n) is 17.8. The van der Waals surface area contributed by atoms with Gasteiger partial charge < -0.3 is 9.80 Å². The minimum absolute atomic E-state index is 0.0440. The number of hydrogen-bond acceptors (Lipinski definition) is 1. The third kappa shape index (κ3) is 3.28. The summed E-state index contributed by atoms with van der Waals surface area (Å²) < 4.78 is 0. The topological polar surface area (TPSA) is 30.3 Å². The molecule has 0 radical (unpaired) electrons. The Hall–Kier alpha value is -3.85. The summed E-state index contributed by atoms with van der Waals surface area (Å²) in [6.45, 7) is 0. The van der Waals surface area contributed by atoms with Crippen molar-refractivity contribution in [2.75, 3.05) is 19.0 Å².